The second-order valence-corrected chi connectivity index (χ2v) is 3.63. The van der Waals surface area contributed by atoms with E-state index in [2.05, 4.69) is 4.74 Å². The van der Waals surface area contributed by atoms with Crippen LogP contribution in [0.1, 0.15) is 11.5 Å². The van der Waals surface area contributed by atoms with Gasteiger partial charge in [-0.05, 0) is 12.1 Å². The average molecular weight is 231 g/mol. The fraction of sp³-hybridized carbons (Fsp3) is 0.300. The minimum atomic E-state index is -0.585. The normalized spacial score (nSPS) is 18.2. The van der Waals surface area contributed by atoms with Gasteiger partial charge in [-0.1, -0.05) is 11.6 Å². The molecule has 0 aromatic heterocycles. The van der Waals surface area contributed by atoms with Crippen LogP contribution >= 0.6 is 11.6 Å². The number of rotatable bonds is 1. The van der Waals surface area contributed by atoms with Crippen molar-refractivity contribution in [2.24, 2.45) is 0 Å². The Kier molecular flexibility index (Phi) is 2.52. The number of ether oxygens (including phenoxy) is 2. The summed E-state index contributed by atoms with van der Waals surface area (Å²) in [6.45, 7) is 0.0965. The van der Waals surface area contributed by atoms with Gasteiger partial charge in [0.25, 0.3) is 0 Å². The summed E-state index contributed by atoms with van der Waals surface area (Å²) >= 11 is 5.69. The van der Waals surface area contributed by atoms with Crippen molar-refractivity contribution in [2.75, 3.05) is 13.7 Å². The number of carbonyl (C=O) groups excluding carboxylic acids is 1. The van der Waals surface area contributed by atoms with E-state index in [1.54, 1.807) is 0 Å². The molecule has 0 amide bonds. The Morgan fingerprint density at radius 2 is 2.40 bits per heavy atom. The molecule has 1 atom stereocenters. The number of fused-ring (bicyclic) bond motifs is 1. The van der Waals surface area contributed by atoms with Gasteiger partial charge < -0.3 is 9.47 Å². The van der Waals surface area contributed by atoms with Crippen molar-refractivity contribution in [1.82, 2.24) is 0 Å². The van der Waals surface area contributed by atoms with Crippen molar-refractivity contribution in [3.63, 3.8) is 0 Å². The molecule has 0 radical (unpaired) electrons. The van der Waals surface area contributed by atoms with Gasteiger partial charge in [0.1, 0.15) is 12.5 Å². The zero-order chi connectivity index (χ0) is 11.0. The first-order valence-corrected chi connectivity index (χ1v) is 4.71. The summed E-state index contributed by atoms with van der Waals surface area (Å²) in [5, 5.41) is 0.241. The number of carbonyl (C=O) groups is 1. The number of methoxy groups -OCH3 is 1. The standard InChI is InChI=1S/C10H8ClFO3/c1-14-10(13)7-4-15-9-6(7)2-5(11)3-8(9)12/h2-3,7H,4H2,1H3. The summed E-state index contributed by atoms with van der Waals surface area (Å²) in [6, 6.07) is 2.68. The first kappa shape index (κ1) is 10.2. The minimum absolute atomic E-state index is 0.0924. The van der Waals surface area contributed by atoms with Crippen LogP contribution in [0.25, 0.3) is 0 Å². The van der Waals surface area contributed by atoms with Crippen molar-refractivity contribution in [3.05, 3.63) is 28.5 Å². The van der Waals surface area contributed by atoms with Crippen LogP contribution in [0.15, 0.2) is 12.1 Å². The van der Waals surface area contributed by atoms with Crippen LogP contribution in [0, 0.1) is 5.82 Å². The van der Waals surface area contributed by atoms with E-state index in [4.69, 9.17) is 16.3 Å². The second kappa shape index (κ2) is 3.70. The molecule has 0 saturated carbocycles. The lowest BCUT2D eigenvalue weighted by atomic mass is 10.0. The maximum atomic E-state index is 13.3. The van der Waals surface area contributed by atoms with E-state index in [1.807, 2.05) is 0 Å². The van der Waals surface area contributed by atoms with E-state index in [-0.39, 0.29) is 17.4 Å². The number of hydrogen-bond acceptors (Lipinski definition) is 3. The number of halogens is 2. The molecule has 1 unspecified atom stereocenters. The molecule has 0 spiro atoms. The van der Waals surface area contributed by atoms with E-state index < -0.39 is 17.7 Å². The topological polar surface area (TPSA) is 35.5 Å². The van der Waals surface area contributed by atoms with Gasteiger partial charge in [-0.2, -0.15) is 0 Å². The lowest BCUT2D eigenvalue weighted by molar-refractivity contribution is -0.142. The van der Waals surface area contributed by atoms with Crippen molar-refractivity contribution >= 4 is 17.6 Å². The fourth-order valence-corrected chi connectivity index (χ4v) is 1.80. The summed E-state index contributed by atoms with van der Waals surface area (Å²) in [6.07, 6.45) is 0. The Morgan fingerprint density at radius 1 is 1.67 bits per heavy atom. The van der Waals surface area contributed by atoms with Crippen LogP contribution < -0.4 is 4.74 Å². The van der Waals surface area contributed by atoms with Crippen LogP contribution in [0.2, 0.25) is 5.02 Å². The predicted octanol–water partition coefficient (Wildman–Crippen LogP) is 2.13. The SMILES string of the molecule is COC(=O)C1COc2c(F)cc(Cl)cc21. The van der Waals surface area contributed by atoms with Crippen molar-refractivity contribution in [1.29, 1.82) is 0 Å². The lowest BCUT2D eigenvalue weighted by Crippen LogP contribution is -2.15. The molecule has 0 bridgehead atoms. The Labute approximate surface area is 90.7 Å². The molecule has 1 heterocycles. The highest BCUT2D eigenvalue weighted by Gasteiger charge is 2.33. The molecule has 3 nitrogen and oxygen atoms in total. The van der Waals surface area contributed by atoms with E-state index in [0.717, 1.165) is 6.07 Å². The summed E-state index contributed by atoms with van der Waals surface area (Å²) in [7, 11) is 1.28. The summed E-state index contributed by atoms with van der Waals surface area (Å²) in [5.74, 6) is -1.49. The van der Waals surface area contributed by atoms with Gasteiger partial charge >= 0.3 is 5.97 Å². The van der Waals surface area contributed by atoms with Gasteiger partial charge in [0, 0.05) is 10.6 Å². The third-order valence-electron chi connectivity index (χ3n) is 2.29. The van der Waals surface area contributed by atoms with Gasteiger partial charge in [0.05, 0.1) is 7.11 Å². The first-order chi connectivity index (χ1) is 7.13. The lowest BCUT2D eigenvalue weighted by Gasteiger charge is -2.05. The quantitative estimate of drug-likeness (QED) is 0.694. The highest BCUT2D eigenvalue weighted by Crippen LogP contribution is 2.38. The van der Waals surface area contributed by atoms with Crippen molar-refractivity contribution < 1.29 is 18.7 Å². The highest BCUT2D eigenvalue weighted by atomic mass is 35.5. The molecule has 0 aliphatic carbocycles. The highest BCUT2D eigenvalue weighted by molar-refractivity contribution is 6.30. The third-order valence-corrected chi connectivity index (χ3v) is 2.51. The Balaban J connectivity index is 2.46. The summed E-state index contributed by atoms with van der Waals surface area (Å²) in [5.41, 5.74) is 0.451. The molecule has 1 aliphatic rings. The van der Waals surface area contributed by atoms with Gasteiger partial charge in [-0.15, -0.1) is 0 Å². The van der Waals surface area contributed by atoms with Crippen molar-refractivity contribution in [2.45, 2.75) is 5.92 Å². The van der Waals surface area contributed by atoms with Gasteiger partial charge in [-0.25, -0.2) is 4.39 Å². The molecule has 80 valence electrons. The van der Waals surface area contributed by atoms with Gasteiger partial charge in [-0.3, -0.25) is 4.79 Å². The molecule has 0 saturated heterocycles. The first-order valence-electron chi connectivity index (χ1n) is 4.33. The van der Waals surface area contributed by atoms with Crippen LogP contribution in [0.5, 0.6) is 5.75 Å². The average Bonchev–Trinajstić information content (AvgIpc) is 2.60. The molecule has 15 heavy (non-hydrogen) atoms. The third kappa shape index (κ3) is 1.65. The molecule has 1 aliphatic heterocycles. The molecule has 5 heteroatoms. The largest absolute Gasteiger partial charge is 0.489 e. The number of benzene rings is 1. The zero-order valence-corrected chi connectivity index (χ0v) is 8.68. The van der Waals surface area contributed by atoms with Crippen LogP contribution in [0.4, 0.5) is 4.39 Å². The molecule has 0 fully saturated rings. The molecule has 2 rings (SSSR count). The van der Waals surface area contributed by atoms with E-state index in [9.17, 15) is 9.18 Å². The monoisotopic (exact) mass is 230 g/mol. The Hall–Kier alpha value is -1.29. The fourth-order valence-electron chi connectivity index (χ4n) is 1.59. The van der Waals surface area contributed by atoms with E-state index in [1.165, 1.54) is 13.2 Å². The minimum Gasteiger partial charge on any atom is -0.489 e. The summed E-state index contributed by atoms with van der Waals surface area (Å²) in [4.78, 5) is 11.3. The number of esters is 1. The predicted molar refractivity (Wildman–Crippen MR) is 51.7 cm³/mol. The molecular weight excluding hydrogens is 223 g/mol. The smallest absolute Gasteiger partial charge is 0.316 e. The molecule has 1 aromatic carbocycles. The molecule has 0 N–H and O–H groups in total. The molecule has 1 aromatic rings. The summed E-state index contributed by atoms with van der Waals surface area (Å²) < 4.78 is 23.0. The zero-order valence-electron chi connectivity index (χ0n) is 7.92. The Bertz CT molecular complexity index is 419. The van der Waals surface area contributed by atoms with E-state index >= 15 is 0 Å². The van der Waals surface area contributed by atoms with Gasteiger partial charge in [0.2, 0.25) is 0 Å². The van der Waals surface area contributed by atoms with Crippen molar-refractivity contribution in [3.8, 4) is 5.75 Å². The molecular formula is C10H8ClFO3. The van der Waals surface area contributed by atoms with Crippen LogP contribution in [0.3, 0.4) is 0 Å². The maximum Gasteiger partial charge on any atom is 0.316 e. The van der Waals surface area contributed by atoms with Gasteiger partial charge in [0.15, 0.2) is 11.6 Å². The maximum absolute atomic E-state index is 13.3. The van der Waals surface area contributed by atoms with Crippen LogP contribution in [-0.4, -0.2) is 19.7 Å². The van der Waals surface area contributed by atoms with Crippen LogP contribution in [-0.2, 0) is 9.53 Å². The number of hydrogen-bond donors (Lipinski definition) is 0. The second-order valence-electron chi connectivity index (χ2n) is 3.19. The Morgan fingerprint density at radius 3 is 3.07 bits per heavy atom. The van der Waals surface area contributed by atoms with E-state index in [0.29, 0.717) is 5.56 Å².